The highest BCUT2D eigenvalue weighted by molar-refractivity contribution is 7.38. The number of aliphatic carboxylic acids is 1. The maximum atomic E-state index is 10.9. The molecule has 0 aromatic rings. The van der Waals surface area contributed by atoms with E-state index in [9.17, 15) is 9.36 Å². The Kier molecular flexibility index (Phi) is 7.25. The summed E-state index contributed by atoms with van der Waals surface area (Å²) in [6.07, 6.45) is 9.16. The van der Waals surface area contributed by atoms with E-state index in [0.717, 1.165) is 18.3 Å². The van der Waals surface area contributed by atoms with Crippen LogP contribution in [0.2, 0.25) is 0 Å². The molecule has 2 fully saturated rings. The highest BCUT2D eigenvalue weighted by Gasteiger charge is 2.30. The summed E-state index contributed by atoms with van der Waals surface area (Å²) in [7, 11) is -2.66. The Bertz CT molecular complexity index is 329. The van der Waals surface area contributed by atoms with Crippen LogP contribution in [0, 0.1) is 17.3 Å². The van der Waals surface area contributed by atoms with E-state index in [-0.39, 0.29) is 6.16 Å². The van der Waals surface area contributed by atoms with E-state index in [4.69, 9.17) is 10.00 Å². The maximum absolute atomic E-state index is 10.9. The monoisotopic (exact) mass is 304 g/mol. The van der Waals surface area contributed by atoms with Crippen LogP contribution in [0.3, 0.4) is 0 Å². The molecular formula is C15H29O4P. The minimum Gasteiger partial charge on any atom is -0.481 e. The normalized spacial score (nSPS) is 24.1. The van der Waals surface area contributed by atoms with Crippen molar-refractivity contribution in [1.82, 2.24) is 0 Å². The molecule has 0 saturated heterocycles. The van der Waals surface area contributed by atoms with E-state index in [1.807, 2.05) is 0 Å². The molecule has 0 aliphatic heterocycles. The minimum absolute atomic E-state index is 0.0590. The third-order valence-corrected chi connectivity index (χ3v) is 5.20. The molecule has 0 amide bonds. The molecule has 0 bridgehead atoms. The van der Waals surface area contributed by atoms with Gasteiger partial charge in [-0.1, -0.05) is 46.0 Å². The zero-order valence-corrected chi connectivity index (χ0v) is 13.7. The standard InChI is InChI=1S/C10H19O4P.C5H10/c11-10(12)9(7-15(13)14)6-8-4-2-1-3-5-8;1-5(2)3-4-5/h8-9,15H,1-7H2,(H,11,12)(H,13,14);3-4H2,1-2H3. The summed E-state index contributed by atoms with van der Waals surface area (Å²) in [6, 6.07) is 0. The molecule has 0 heterocycles. The second-order valence-corrected chi connectivity index (χ2v) is 8.23. The van der Waals surface area contributed by atoms with Gasteiger partial charge in [-0.15, -0.1) is 0 Å². The van der Waals surface area contributed by atoms with Crippen molar-refractivity contribution in [1.29, 1.82) is 0 Å². The molecule has 2 saturated carbocycles. The molecule has 5 heteroatoms. The lowest BCUT2D eigenvalue weighted by atomic mass is 9.83. The van der Waals surface area contributed by atoms with Crippen molar-refractivity contribution in [2.24, 2.45) is 17.3 Å². The molecule has 2 atom stereocenters. The van der Waals surface area contributed by atoms with Gasteiger partial charge < -0.3 is 10.00 Å². The van der Waals surface area contributed by atoms with E-state index >= 15 is 0 Å². The quantitative estimate of drug-likeness (QED) is 0.755. The summed E-state index contributed by atoms with van der Waals surface area (Å²) < 4.78 is 10.7. The lowest BCUT2D eigenvalue weighted by Gasteiger charge is -2.24. The third-order valence-electron chi connectivity index (χ3n) is 4.36. The molecule has 4 nitrogen and oxygen atoms in total. The first-order valence-corrected chi connectivity index (χ1v) is 9.31. The molecule has 2 aliphatic carbocycles. The first-order chi connectivity index (χ1) is 9.30. The van der Waals surface area contributed by atoms with E-state index in [1.165, 1.54) is 32.1 Å². The molecule has 0 radical (unpaired) electrons. The van der Waals surface area contributed by atoms with Crippen LogP contribution in [-0.4, -0.2) is 22.1 Å². The number of carboxylic acids is 1. The average Bonchev–Trinajstić information content (AvgIpc) is 3.05. The van der Waals surface area contributed by atoms with Crippen molar-refractivity contribution in [3.05, 3.63) is 0 Å². The summed E-state index contributed by atoms with van der Waals surface area (Å²) in [5.41, 5.74) is 0.750. The van der Waals surface area contributed by atoms with Crippen molar-refractivity contribution in [2.45, 2.75) is 65.2 Å². The second kappa shape index (κ2) is 8.19. The molecule has 2 aliphatic rings. The molecule has 0 aromatic carbocycles. The average molecular weight is 304 g/mol. The van der Waals surface area contributed by atoms with Crippen LogP contribution < -0.4 is 0 Å². The van der Waals surface area contributed by atoms with Gasteiger partial charge in [0.1, 0.15) is 0 Å². The lowest BCUT2D eigenvalue weighted by Crippen LogP contribution is -2.21. The molecule has 20 heavy (non-hydrogen) atoms. The fraction of sp³-hybridized carbons (Fsp3) is 0.933. The van der Waals surface area contributed by atoms with Gasteiger partial charge in [0.2, 0.25) is 0 Å². The summed E-state index contributed by atoms with van der Waals surface area (Å²) in [5.74, 6) is -1.10. The predicted molar refractivity (Wildman–Crippen MR) is 81.4 cm³/mol. The van der Waals surface area contributed by atoms with Crippen molar-refractivity contribution in [3.63, 3.8) is 0 Å². The Labute approximate surface area is 122 Å². The van der Waals surface area contributed by atoms with Gasteiger partial charge in [-0.3, -0.25) is 9.36 Å². The maximum Gasteiger partial charge on any atom is 0.307 e. The van der Waals surface area contributed by atoms with Gasteiger partial charge >= 0.3 is 5.97 Å². The summed E-state index contributed by atoms with van der Waals surface area (Å²) >= 11 is 0. The van der Waals surface area contributed by atoms with Gasteiger partial charge in [0, 0.05) is 6.16 Å². The van der Waals surface area contributed by atoms with Gasteiger partial charge in [0.25, 0.3) is 0 Å². The van der Waals surface area contributed by atoms with Gasteiger partial charge in [-0.2, -0.15) is 0 Å². The van der Waals surface area contributed by atoms with E-state index < -0.39 is 19.9 Å². The molecule has 2 N–H and O–H groups in total. The number of carboxylic acid groups (broad SMARTS) is 1. The fourth-order valence-corrected chi connectivity index (χ4v) is 3.32. The third kappa shape index (κ3) is 8.06. The molecule has 2 rings (SSSR count). The van der Waals surface area contributed by atoms with E-state index in [2.05, 4.69) is 13.8 Å². The number of rotatable bonds is 5. The highest BCUT2D eigenvalue weighted by atomic mass is 31.1. The molecular weight excluding hydrogens is 275 g/mol. The van der Waals surface area contributed by atoms with Crippen LogP contribution in [0.4, 0.5) is 0 Å². The topological polar surface area (TPSA) is 74.6 Å². The lowest BCUT2D eigenvalue weighted by molar-refractivity contribution is -0.141. The smallest absolute Gasteiger partial charge is 0.307 e. The first kappa shape index (κ1) is 17.7. The first-order valence-electron chi connectivity index (χ1n) is 7.75. The van der Waals surface area contributed by atoms with E-state index in [1.54, 1.807) is 0 Å². The van der Waals surface area contributed by atoms with Crippen LogP contribution >= 0.6 is 8.03 Å². The Morgan fingerprint density at radius 2 is 1.75 bits per heavy atom. The van der Waals surface area contributed by atoms with Crippen LogP contribution in [0.5, 0.6) is 0 Å². The highest BCUT2D eigenvalue weighted by Crippen LogP contribution is 2.43. The Morgan fingerprint density at radius 3 is 2.10 bits per heavy atom. The Hall–Kier alpha value is -0.340. The zero-order valence-electron chi connectivity index (χ0n) is 12.7. The molecule has 0 aromatic heterocycles. The number of hydrogen-bond acceptors (Lipinski definition) is 2. The summed E-state index contributed by atoms with van der Waals surface area (Å²) in [6.45, 7) is 4.60. The van der Waals surface area contributed by atoms with Gasteiger partial charge in [0.05, 0.1) is 5.92 Å². The van der Waals surface area contributed by atoms with Crippen LogP contribution in [0.1, 0.15) is 65.2 Å². The van der Waals surface area contributed by atoms with Crippen molar-refractivity contribution in [3.8, 4) is 0 Å². The van der Waals surface area contributed by atoms with Gasteiger partial charge in [-0.25, -0.2) is 0 Å². The molecule has 2 unspecified atom stereocenters. The van der Waals surface area contributed by atoms with Crippen LogP contribution in [-0.2, 0) is 9.36 Å². The summed E-state index contributed by atoms with van der Waals surface area (Å²) in [4.78, 5) is 19.7. The van der Waals surface area contributed by atoms with Gasteiger partial charge in [0.15, 0.2) is 8.03 Å². The number of carbonyl (C=O) groups is 1. The largest absolute Gasteiger partial charge is 0.481 e. The summed E-state index contributed by atoms with van der Waals surface area (Å²) in [5, 5.41) is 8.92. The van der Waals surface area contributed by atoms with Crippen LogP contribution in [0.25, 0.3) is 0 Å². The number of hydrogen-bond donors (Lipinski definition) is 2. The van der Waals surface area contributed by atoms with E-state index in [0.29, 0.717) is 12.3 Å². The zero-order chi connectivity index (χ0) is 15.2. The molecule has 0 spiro atoms. The van der Waals surface area contributed by atoms with Crippen molar-refractivity contribution >= 4 is 14.0 Å². The second-order valence-electron chi connectivity index (χ2n) is 7.04. The predicted octanol–water partition coefficient (Wildman–Crippen LogP) is 3.93. The Balaban J connectivity index is 0.000000333. The van der Waals surface area contributed by atoms with Gasteiger partial charge in [-0.05, 0) is 30.6 Å². The van der Waals surface area contributed by atoms with Crippen LogP contribution in [0.15, 0.2) is 0 Å². The van der Waals surface area contributed by atoms with Crippen molar-refractivity contribution < 1.29 is 19.4 Å². The van der Waals surface area contributed by atoms with Crippen molar-refractivity contribution in [2.75, 3.05) is 6.16 Å². The Morgan fingerprint density at radius 1 is 1.25 bits per heavy atom. The minimum atomic E-state index is -2.66. The SMILES string of the molecule is CC1(C)CC1.O=C(O)C(CC1CCCCC1)C[PH](=O)O. The fourth-order valence-electron chi connectivity index (χ4n) is 2.56. The molecule has 118 valence electrons.